The highest BCUT2D eigenvalue weighted by molar-refractivity contribution is 7.14. The maximum atomic E-state index is 12.0. The monoisotopic (exact) mass is 285 g/mol. The van der Waals surface area contributed by atoms with Gasteiger partial charge in [0.25, 0.3) is 5.91 Å². The van der Waals surface area contributed by atoms with E-state index < -0.39 is 5.60 Å². The summed E-state index contributed by atoms with van der Waals surface area (Å²) in [5, 5.41) is 12.8. The molecule has 0 saturated heterocycles. The molecule has 19 heavy (non-hydrogen) atoms. The molecule has 1 unspecified atom stereocenters. The van der Waals surface area contributed by atoms with E-state index >= 15 is 0 Å². The lowest BCUT2D eigenvalue weighted by atomic mass is 10.0. The van der Waals surface area contributed by atoms with Gasteiger partial charge in [-0.05, 0) is 31.9 Å². The van der Waals surface area contributed by atoms with Crippen LogP contribution < -0.4 is 5.32 Å². The fourth-order valence-corrected chi connectivity index (χ4v) is 2.78. The van der Waals surface area contributed by atoms with Crippen molar-refractivity contribution in [3.8, 4) is 0 Å². The highest BCUT2D eigenvalue weighted by Gasteiger charge is 2.21. The lowest BCUT2D eigenvalue weighted by Gasteiger charge is -2.22. The summed E-state index contributed by atoms with van der Waals surface area (Å²) >= 11 is 1.52. The summed E-state index contributed by atoms with van der Waals surface area (Å²) in [4.78, 5) is 13.9. The molecular formula is C14H23NO3S. The van der Waals surface area contributed by atoms with E-state index in [0.717, 1.165) is 12.0 Å². The smallest absolute Gasteiger partial charge is 0.261 e. The topological polar surface area (TPSA) is 58.6 Å². The van der Waals surface area contributed by atoms with E-state index in [1.165, 1.54) is 16.2 Å². The fraction of sp³-hybridized carbons (Fsp3) is 0.643. The second-order valence-electron chi connectivity index (χ2n) is 4.99. The molecule has 0 aromatic carbocycles. The van der Waals surface area contributed by atoms with Crippen LogP contribution in [0.3, 0.4) is 0 Å². The van der Waals surface area contributed by atoms with E-state index in [4.69, 9.17) is 4.74 Å². The molecule has 0 fully saturated rings. The van der Waals surface area contributed by atoms with Crippen molar-refractivity contribution >= 4 is 17.2 Å². The first-order valence-electron chi connectivity index (χ1n) is 6.48. The van der Waals surface area contributed by atoms with Gasteiger partial charge in [-0.2, -0.15) is 0 Å². The van der Waals surface area contributed by atoms with Crippen molar-refractivity contribution in [2.45, 2.75) is 39.2 Å². The molecule has 1 amide bonds. The summed E-state index contributed by atoms with van der Waals surface area (Å²) in [5.74, 6) is -0.120. The molecule has 0 aliphatic carbocycles. The number of nitrogens with one attached hydrogen (secondary N) is 1. The van der Waals surface area contributed by atoms with Crippen LogP contribution in [-0.2, 0) is 11.2 Å². The predicted molar refractivity (Wildman–Crippen MR) is 77.9 cm³/mol. The zero-order chi connectivity index (χ0) is 14.5. The molecule has 5 heteroatoms. The molecule has 1 aromatic rings. The molecule has 1 rings (SSSR count). The number of carbonyl (C=O) groups is 1. The van der Waals surface area contributed by atoms with Crippen molar-refractivity contribution in [3.05, 3.63) is 21.4 Å². The van der Waals surface area contributed by atoms with Crippen LogP contribution >= 0.6 is 11.3 Å². The highest BCUT2D eigenvalue weighted by atomic mass is 32.1. The van der Waals surface area contributed by atoms with Crippen LogP contribution in [0.25, 0.3) is 0 Å². The molecule has 1 heterocycles. The Bertz CT molecular complexity index is 426. The second-order valence-corrected chi connectivity index (χ2v) is 6.13. The average Bonchev–Trinajstić information content (AvgIpc) is 2.75. The number of rotatable bonds is 7. The van der Waals surface area contributed by atoms with Crippen molar-refractivity contribution in [1.82, 2.24) is 5.32 Å². The minimum Gasteiger partial charge on any atom is -0.388 e. The van der Waals surface area contributed by atoms with E-state index in [0.29, 0.717) is 17.9 Å². The number of thiophene rings is 1. The summed E-state index contributed by atoms with van der Waals surface area (Å²) in [6, 6.07) is 1.91. The summed E-state index contributed by atoms with van der Waals surface area (Å²) in [6.45, 7) is 6.49. The lowest BCUT2D eigenvalue weighted by Crippen LogP contribution is -2.41. The van der Waals surface area contributed by atoms with Gasteiger partial charge >= 0.3 is 0 Å². The number of carbonyl (C=O) groups excluding carboxylic acids is 1. The van der Waals surface area contributed by atoms with Crippen LogP contribution in [0.15, 0.2) is 6.07 Å². The summed E-state index contributed by atoms with van der Waals surface area (Å²) in [5.41, 5.74) is 0.217. The second kappa shape index (κ2) is 7.03. The number of amides is 1. The third-order valence-corrected chi connectivity index (χ3v) is 4.42. The quantitative estimate of drug-likeness (QED) is 0.807. The Kier molecular flexibility index (Phi) is 5.97. The maximum absolute atomic E-state index is 12.0. The van der Waals surface area contributed by atoms with Crippen molar-refractivity contribution in [3.63, 3.8) is 0 Å². The number of methoxy groups -OCH3 is 1. The Labute approximate surface area is 118 Å². The van der Waals surface area contributed by atoms with E-state index in [1.54, 1.807) is 14.0 Å². The molecule has 1 aromatic heterocycles. The van der Waals surface area contributed by atoms with E-state index in [2.05, 4.69) is 12.2 Å². The van der Waals surface area contributed by atoms with Crippen LogP contribution in [0.5, 0.6) is 0 Å². The largest absolute Gasteiger partial charge is 0.388 e. The number of ether oxygens (including phenoxy) is 1. The molecule has 2 N–H and O–H groups in total. The number of hydrogen-bond acceptors (Lipinski definition) is 4. The third kappa shape index (κ3) is 4.93. The molecule has 0 aliphatic heterocycles. The normalized spacial score (nSPS) is 14.2. The number of aliphatic hydroxyl groups is 1. The first kappa shape index (κ1) is 16.1. The van der Waals surface area contributed by atoms with Gasteiger partial charge < -0.3 is 15.2 Å². The first-order chi connectivity index (χ1) is 8.89. The van der Waals surface area contributed by atoms with E-state index in [-0.39, 0.29) is 12.5 Å². The van der Waals surface area contributed by atoms with Crippen molar-refractivity contribution in [2.75, 3.05) is 20.3 Å². The number of hydrogen-bond donors (Lipinski definition) is 2. The molecule has 0 bridgehead atoms. The Balaban J connectivity index is 2.55. The maximum Gasteiger partial charge on any atom is 0.261 e. The van der Waals surface area contributed by atoms with Crippen LogP contribution in [0.2, 0.25) is 0 Å². The van der Waals surface area contributed by atoms with Gasteiger partial charge in [-0.3, -0.25) is 4.79 Å². The van der Waals surface area contributed by atoms with Gasteiger partial charge in [0.05, 0.1) is 10.5 Å². The predicted octanol–water partition coefficient (Wildman–Crippen LogP) is 2.14. The molecule has 0 radical (unpaired) electrons. The van der Waals surface area contributed by atoms with Gasteiger partial charge in [-0.25, -0.2) is 0 Å². The Morgan fingerprint density at radius 1 is 1.58 bits per heavy atom. The van der Waals surface area contributed by atoms with Crippen molar-refractivity contribution in [2.24, 2.45) is 0 Å². The van der Waals surface area contributed by atoms with E-state index in [1.807, 2.05) is 13.0 Å². The van der Waals surface area contributed by atoms with E-state index in [9.17, 15) is 9.90 Å². The van der Waals surface area contributed by atoms with Crippen LogP contribution in [0.4, 0.5) is 0 Å². The Morgan fingerprint density at radius 2 is 2.26 bits per heavy atom. The average molecular weight is 285 g/mol. The molecular weight excluding hydrogens is 262 g/mol. The SMILES string of the molecule is CCc1sc(C(=O)NCC(C)(O)CCOC)cc1C. The van der Waals surface area contributed by atoms with Crippen LogP contribution in [0, 0.1) is 6.92 Å². The number of aryl methyl sites for hydroxylation is 2. The third-order valence-electron chi connectivity index (χ3n) is 3.04. The highest BCUT2D eigenvalue weighted by Crippen LogP contribution is 2.22. The van der Waals surface area contributed by atoms with Crippen molar-refractivity contribution in [1.29, 1.82) is 0 Å². The van der Waals surface area contributed by atoms with Crippen LogP contribution in [-0.4, -0.2) is 36.9 Å². The van der Waals surface area contributed by atoms with Gasteiger partial charge in [0, 0.05) is 31.6 Å². The fourth-order valence-electron chi connectivity index (χ4n) is 1.75. The molecule has 108 valence electrons. The van der Waals surface area contributed by atoms with Gasteiger partial charge in [0.2, 0.25) is 0 Å². The van der Waals surface area contributed by atoms with Crippen LogP contribution in [0.1, 0.15) is 40.4 Å². The molecule has 0 aliphatic rings. The summed E-state index contributed by atoms with van der Waals surface area (Å²) in [6.07, 6.45) is 1.43. The molecule has 1 atom stereocenters. The summed E-state index contributed by atoms with van der Waals surface area (Å²) in [7, 11) is 1.59. The molecule has 4 nitrogen and oxygen atoms in total. The molecule has 0 spiro atoms. The Morgan fingerprint density at radius 3 is 2.79 bits per heavy atom. The molecule has 0 saturated carbocycles. The standard InChI is InChI=1S/C14H23NO3S/c1-5-11-10(2)8-12(19-11)13(16)15-9-14(3,17)6-7-18-4/h8,17H,5-7,9H2,1-4H3,(H,15,16). The van der Waals surface area contributed by atoms with Crippen molar-refractivity contribution < 1.29 is 14.6 Å². The minimum atomic E-state index is -0.939. The minimum absolute atomic E-state index is 0.120. The Hall–Kier alpha value is -0.910. The van der Waals surface area contributed by atoms with Gasteiger partial charge in [-0.15, -0.1) is 11.3 Å². The van der Waals surface area contributed by atoms with Gasteiger partial charge in [-0.1, -0.05) is 6.92 Å². The van der Waals surface area contributed by atoms with Gasteiger partial charge in [0.15, 0.2) is 0 Å². The van der Waals surface area contributed by atoms with Gasteiger partial charge in [0.1, 0.15) is 0 Å². The zero-order valence-corrected chi connectivity index (χ0v) is 12.9. The lowest BCUT2D eigenvalue weighted by molar-refractivity contribution is 0.0244. The summed E-state index contributed by atoms with van der Waals surface area (Å²) < 4.78 is 4.93. The zero-order valence-electron chi connectivity index (χ0n) is 12.1. The first-order valence-corrected chi connectivity index (χ1v) is 7.30.